The Bertz CT molecular complexity index is 180. The van der Waals surface area contributed by atoms with E-state index in [9.17, 15) is 14.4 Å². The average molecular weight is 174 g/mol. The number of carboxylic acids is 1. The molecule has 0 aliphatic carbocycles. The van der Waals surface area contributed by atoms with Gasteiger partial charge in [0, 0.05) is 13.0 Å². The zero-order valence-electron chi connectivity index (χ0n) is 6.37. The van der Waals surface area contributed by atoms with Gasteiger partial charge in [0.2, 0.25) is 12.3 Å². The van der Waals surface area contributed by atoms with Crippen LogP contribution in [0.2, 0.25) is 0 Å². The molecule has 0 aromatic heterocycles. The molecule has 6 nitrogen and oxygen atoms in total. The zero-order chi connectivity index (χ0) is 9.40. The highest BCUT2D eigenvalue weighted by atomic mass is 16.4. The van der Waals surface area contributed by atoms with E-state index in [1.165, 1.54) is 0 Å². The summed E-state index contributed by atoms with van der Waals surface area (Å²) in [5, 5.41) is 12.6. The summed E-state index contributed by atoms with van der Waals surface area (Å²) in [6, 6.07) is 0. The minimum atomic E-state index is -1.09. The Balaban J connectivity index is 3.33. The fourth-order valence-corrected chi connectivity index (χ4v) is 0.507. The molecule has 0 bridgehead atoms. The molecule has 0 aromatic rings. The first kappa shape index (κ1) is 10.4. The Labute approximate surface area is 68.9 Å². The smallest absolute Gasteiger partial charge is 0.322 e. The third-order valence-electron chi connectivity index (χ3n) is 1.02. The van der Waals surface area contributed by atoms with Crippen LogP contribution in [0.25, 0.3) is 0 Å². The van der Waals surface area contributed by atoms with Gasteiger partial charge in [-0.1, -0.05) is 0 Å². The van der Waals surface area contributed by atoms with E-state index in [0.29, 0.717) is 6.41 Å². The van der Waals surface area contributed by atoms with Crippen LogP contribution >= 0.6 is 0 Å². The molecule has 0 saturated heterocycles. The first-order valence-electron chi connectivity index (χ1n) is 3.32. The number of hydrogen-bond donors (Lipinski definition) is 3. The number of nitrogens with one attached hydrogen (secondary N) is 2. The lowest BCUT2D eigenvalue weighted by Gasteiger charge is -2.00. The quantitative estimate of drug-likeness (QED) is 0.331. The van der Waals surface area contributed by atoms with Gasteiger partial charge in [-0.3, -0.25) is 14.4 Å². The molecule has 6 heteroatoms. The minimum absolute atomic E-state index is 0.0893. The van der Waals surface area contributed by atoms with Crippen molar-refractivity contribution in [3.05, 3.63) is 0 Å². The van der Waals surface area contributed by atoms with E-state index in [1.54, 1.807) is 0 Å². The van der Waals surface area contributed by atoms with E-state index in [0.717, 1.165) is 0 Å². The fraction of sp³-hybridized carbons (Fsp3) is 0.500. The first-order chi connectivity index (χ1) is 5.66. The van der Waals surface area contributed by atoms with Crippen molar-refractivity contribution in [2.24, 2.45) is 0 Å². The highest BCUT2D eigenvalue weighted by molar-refractivity contribution is 5.81. The van der Waals surface area contributed by atoms with Gasteiger partial charge in [-0.15, -0.1) is 0 Å². The van der Waals surface area contributed by atoms with E-state index in [4.69, 9.17) is 5.11 Å². The molecule has 12 heavy (non-hydrogen) atoms. The summed E-state index contributed by atoms with van der Waals surface area (Å²) in [7, 11) is 0. The third kappa shape index (κ3) is 6.53. The second-order valence-electron chi connectivity index (χ2n) is 1.99. The SMILES string of the molecule is O=CNCCC(=O)NCC(=O)O. The van der Waals surface area contributed by atoms with Crippen molar-refractivity contribution in [2.45, 2.75) is 6.42 Å². The van der Waals surface area contributed by atoms with Crippen LogP contribution in [0.3, 0.4) is 0 Å². The highest BCUT2D eigenvalue weighted by Gasteiger charge is 2.01. The Morgan fingerprint density at radius 1 is 1.42 bits per heavy atom. The van der Waals surface area contributed by atoms with Gasteiger partial charge >= 0.3 is 5.97 Å². The third-order valence-corrected chi connectivity index (χ3v) is 1.02. The Morgan fingerprint density at radius 3 is 2.58 bits per heavy atom. The van der Waals surface area contributed by atoms with Gasteiger partial charge in [-0.05, 0) is 0 Å². The van der Waals surface area contributed by atoms with E-state index < -0.39 is 11.9 Å². The summed E-state index contributed by atoms with van der Waals surface area (Å²) in [6.07, 6.45) is 0.566. The van der Waals surface area contributed by atoms with Gasteiger partial charge in [0.05, 0.1) is 0 Å². The van der Waals surface area contributed by atoms with Gasteiger partial charge in [0.1, 0.15) is 6.54 Å². The topological polar surface area (TPSA) is 95.5 Å². The van der Waals surface area contributed by atoms with Crippen molar-refractivity contribution >= 4 is 18.3 Å². The lowest BCUT2D eigenvalue weighted by Crippen LogP contribution is -2.31. The van der Waals surface area contributed by atoms with Crippen molar-refractivity contribution < 1.29 is 19.5 Å². The van der Waals surface area contributed by atoms with Crippen LogP contribution in [-0.4, -0.2) is 36.5 Å². The lowest BCUT2D eigenvalue weighted by molar-refractivity contribution is -0.138. The van der Waals surface area contributed by atoms with Gasteiger partial charge in [0.15, 0.2) is 0 Å². The van der Waals surface area contributed by atoms with Crippen LogP contribution in [0.4, 0.5) is 0 Å². The standard InChI is InChI=1S/C6H10N2O4/c9-4-7-2-1-5(10)8-3-6(11)12/h4H,1-3H2,(H,7,9)(H,8,10)(H,11,12). The van der Waals surface area contributed by atoms with Crippen molar-refractivity contribution in [3.63, 3.8) is 0 Å². The maximum absolute atomic E-state index is 10.7. The maximum Gasteiger partial charge on any atom is 0.322 e. The van der Waals surface area contributed by atoms with Gasteiger partial charge in [-0.25, -0.2) is 0 Å². The predicted octanol–water partition coefficient (Wildman–Crippen LogP) is -1.68. The number of rotatable bonds is 6. The van der Waals surface area contributed by atoms with Gasteiger partial charge in [0.25, 0.3) is 0 Å². The summed E-state index contributed by atoms with van der Waals surface area (Å²) in [5.41, 5.74) is 0. The maximum atomic E-state index is 10.7. The highest BCUT2D eigenvalue weighted by Crippen LogP contribution is 1.75. The molecule has 2 amide bonds. The molecule has 0 heterocycles. The molecule has 0 saturated carbocycles. The van der Waals surface area contributed by atoms with E-state index in [1.807, 2.05) is 0 Å². The summed E-state index contributed by atoms with van der Waals surface area (Å²) < 4.78 is 0. The largest absolute Gasteiger partial charge is 0.480 e. The molecule has 68 valence electrons. The summed E-state index contributed by atoms with van der Waals surface area (Å²) in [4.78, 5) is 30.4. The summed E-state index contributed by atoms with van der Waals surface area (Å²) in [6.45, 7) is -0.172. The second kappa shape index (κ2) is 6.14. The Hall–Kier alpha value is -1.59. The van der Waals surface area contributed by atoms with Crippen LogP contribution in [0.1, 0.15) is 6.42 Å². The molecule has 0 atom stereocenters. The Kier molecular flexibility index (Phi) is 5.33. The molecule has 0 spiro atoms. The molecular weight excluding hydrogens is 164 g/mol. The number of carbonyl (C=O) groups excluding carboxylic acids is 2. The van der Waals surface area contributed by atoms with Crippen LogP contribution in [-0.2, 0) is 14.4 Å². The van der Waals surface area contributed by atoms with Crippen molar-refractivity contribution in [2.75, 3.05) is 13.1 Å². The zero-order valence-corrected chi connectivity index (χ0v) is 6.37. The van der Waals surface area contributed by atoms with Crippen molar-refractivity contribution in [1.82, 2.24) is 10.6 Å². The average Bonchev–Trinajstić information content (AvgIpc) is 2.01. The number of carbonyl (C=O) groups is 3. The molecule has 0 aliphatic heterocycles. The van der Waals surface area contributed by atoms with E-state index in [-0.39, 0.29) is 19.5 Å². The summed E-state index contributed by atoms with van der Waals surface area (Å²) >= 11 is 0. The molecule has 0 unspecified atom stereocenters. The van der Waals surface area contributed by atoms with Gasteiger partial charge < -0.3 is 15.7 Å². The molecule has 0 rings (SSSR count). The van der Waals surface area contributed by atoms with E-state index in [2.05, 4.69) is 10.6 Å². The minimum Gasteiger partial charge on any atom is -0.480 e. The molecule has 3 N–H and O–H groups in total. The Morgan fingerprint density at radius 2 is 2.08 bits per heavy atom. The first-order valence-corrected chi connectivity index (χ1v) is 3.32. The fourth-order valence-electron chi connectivity index (χ4n) is 0.507. The number of aliphatic carboxylic acids is 1. The molecule has 0 radical (unpaired) electrons. The molecular formula is C6H10N2O4. The van der Waals surface area contributed by atoms with Crippen molar-refractivity contribution in [1.29, 1.82) is 0 Å². The summed E-state index contributed by atoms with van der Waals surface area (Å²) in [5.74, 6) is -1.49. The number of hydrogen-bond acceptors (Lipinski definition) is 3. The van der Waals surface area contributed by atoms with Gasteiger partial charge in [-0.2, -0.15) is 0 Å². The van der Waals surface area contributed by atoms with E-state index >= 15 is 0 Å². The van der Waals surface area contributed by atoms with Crippen LogP contribution in [0, 0.1) is 0 Å². The number of amides is 2. The molecule has 0 aromatic carbocycles. The monoisotopic (exact) mass is 174 g/mol. The number of carboxylic acid groups (broad SMARTS) is 1. The predicted molar refractivity (Wildman–Crippen MR) is 39.3 cm³/mol. The lowest BCUT2D eigenvalue weighted by atomic mass is 10.4. The molecule has 0 fully saturated rings. The van der Waals surface area contributed by atoms with Crippen LogP contribution in [0.5, 0.6) is 0 Å². The van der Waals surface area contributed by atoms with Crippen LogP contribution < -0.4 is 10.6 Å². The normalized spacial score (nSPS) is 8.67. The second-order valence-corrected chi connectivity index (χ2v) is 1.99. The molecule has 0 aliphatic rings. The van der Waals surface area contributed by atoms with Crippen LogP contribution in [0.15, 0.2) is 0 Å². The van der Waals surface area contributed by atoms with Crippen molar-refractivity contribution in [3.8, 4) is 0 Å².